The number of hydrogen-bond donors (Lipinski definition) is 1. The van der Waals surface area contributed by atoms with Crippen LogP contribution in [-0.4, -0.2) is 29.9 Å². The topological polar surface area (TPSA) is 32.3 Å². The van der Waals surface area contributed by atoms with Gasteiger partial charge >= 0.3 is 6.03 Å². The van der Waals surface area contributed by atoms with E-state index in [0.29, 0.717) is 5.69 Å². The largest absolute Gasteiger partial charge is 0.322 e. The number of nitrogens with zero attached hydrogens (tertiary/aromatic N) is 1. The molecule has 18 heavy (non-hydrogen) atoms. The number of carbonyl (C=O) groups excluding carboxylic acids is 1. The quantitative estimate of drug-likeness (QED) is 0.878. The molecule has 0 saturated heterocycles. The fourth-order valence-corrected chi connectivity index (χ4v) is 1.76. The summed E-state index contributed by atoms with van der Waals surface area (Å²) in [6.07, 6.45) is -0.864. The molecule has 0 atom stereocenters. The number of amides is 2. The zero-order valence-corrected chi connectivity index (χ0v) is 10.2. The van der Waals surface area contributed by atoms with Gasteiger partial charge in [0.25, 0.3) is 6.43 Å². The van der Waals surface area contributed by atoms with E-state index in [9.17, 15) is 13.6 Å². The van der Waals surface area contributed by atoms with Crippen molar-refractivity contribution in [2.45, 2.75) is 32.2 Å². The van der Waals surface area contributed by atoms with E-state index >= 15 is 0 Å². The van der Waals surface area contributed by atoms with Crippen molar-refractivity contribution in [2.75, 3.05) is 11.9 Å². The number of nitrogens with one attached hydrogen (secondary N) is 1. The summed E-state index contributed by atoms with van der Waals surface area (Å²) in [5, 5.41) is 2.65. The molecule has 98 valence electrons. The van der Waals surface area contributed by atoms with Crippen LogP contribution in [0.3, 0.4) is 0 Å². The van der Waals surface area contributed by atoms with Gasteiger partial charge in [0.1, 0.15) is 0 Å². The van der Waals surface area contributed by atoms with Gasteiger partial charge in [-0.1, -0.05) is 17.7 Å². The van der Waals surface area contributed by atoms with Gasteiger partial charge in [-0.3, -0.25) is 0 Å². The summed E-state index contributed by atoms with van der Waals surface area (Å²) in [7, 11) is 0. The summed E-state index contributed by atoms with van der Waals surface area (Å²) < 4.78 is 24.8. The molecule has 0 radical (unpaired) electrons. The zero-order chi connectivity index (χ0) is 13.1. The normalized spacial score (nSPS) is 14.7. The molecule has 1 fully saturated rings. The third kappa shape index (κ3) is 3.42. The number of hydrogen-bond acceptors (Lipinski definition) is 1. The zero-order valence-electron chi connectivity index (χ0n) is 10.2. The van der Waals surface area contributed by atoms with Crippen LogP contribution in [0.2, 0.25) is 0 Å². The van der Waals surface area contributed by atoms with Gasteiger partial charge in [0.15, 0.2) is 0 Å². The molecule has 0 spiro atoms. The van der Waals surface area contributed by atoms with E-state index in [0.717, 1.165) is 18.4 Å². The van der Waals surface area contributed by atoms with Gasteiger partial charge in [0, 0.05) is 11.7 Å². The van der Waals surface area contributed by atoms with Gasteiger partial charge in [-0.2, -0.15) is 0 Å². The van der Waals surface area contributed by atoms with Crippen molar-refractivity contribution in [1.82, 2.24) is 4.90 Å². The molecule has 0 unspecified atom stereocenters. The SMILES string of the molecule is Cc1ccc(NC(=O)N(CC(F)F)C2CC2)cc1. The first kappa shape index (κ1) is 12.8. The Hall–Kier alpha value is -1.65. The molecule has 1 aliphatic rings. The van der Waals surface area contributed by atoms with Crippen LogP contribution in [0.4, 0.5) is 19.3 Å². The number of anilines is 1. The Bertz CT molecular complexity index is 416. The molecule has 0 heterocycles. The third-order valence-corrected chi connectivity index (χ3v) is 2.89. The summed E-state index contributed by atoms with van der Waals surface area (Å²) in [6.45, 7) is 1.45. The molecule has 1 aromatic carbocycles. The van der Waals surface area contributed by atoms with Gasteiger partial charge in [0.2, 0.25) is 0 Å². The first-order chi connectivity index (χ1) is 8.56. The van der Waals surface area contributed by atoms with Gasteiger partial charge in [-0.15, -0.1) is 0 Å². The highest BCUT2D eigenvalue weighted by molar-refractivity contribution is 5.89. The highest BCUT2D eigenvalue weighted by atomic mass is 19.3. The number of halogens is 2. The van der Waals surface area contributed by atoms with Gasteiger partial charge < -0.3 is 10.2 Å². The lowest BCUT2D eigenvalue weighted by Crippen LogP contribution is -2.39. The van der Waals surface area contributed by atoms with Crippen LogP contribution in [0.15, 0.2) is 24.3 Å². The van der Waals surface area contributed by atoms with Crippen LogP contribution in [0.25, 0.3) is 0 Å². The molecule has 3 nitrogen and oxygen atoms in total. The number of rotatable bonds is 4. The maximum absolute atomic E-state index is 12.4. The number of carbonyl (C=O) groups is 1. The number of aryl methyl sites for hydroxylation is 1. The summed E-state index contributed by atoms with van der Waals surface area (Å²) in [6, 6.07) is 6.79. The van der Waals surface area contributed by atoms with Gasteiger partial charge in [0.05, 0.1) is 6.54 Å². The van der Waals surface area contributed by atoms with E-state index in [1.54, 1.807) is 12.1 Å². The Morgan fingerprint density at radius 3 is 2.50 bits per heavy atom. The van der Waals surface area contributed by atoms with Crippen molar-refractivity contribution in [3.8, 4) is 0 Å². The number of alkyl halides is 2. The second kappa shape index (κ2) is 5.33. The lowest BCUT2D eigenvalue weighted by Gasteiger charge is -2.22. The van der Waals surface area contributed by atoms with Crippen LogP contribution in [0.5, 0.6) is 0 Å². The van der Waals surface area contributed by atoms with E-state index in [2.05, 4.69) is 5.32 Å². The van der Waals surface area contributed by atoms with Crippen molar-refractivity contribution < 1.29 is 13.6 Å². The minimum absolute atomic E-state index is 0.0237. The Morgan fingerprint density at radius 1 is 1.39 bits per heavy atom. The monoisotopic (exact) mass is 254 g/mol. The fourth-order valence-electron chi connectivity index (χ4n) is 1.76. The van der Waals surface area contributed by atoms with Crippen molar-refractivity contribution in [3.63, 3.8) is 0 Å². The maximum Gasteiger partial charge on any atom is 0.322 e. The molecule has 1 saturated carbocycles. The second-order valence-electron chi connectivity index (χ2n) is 4.57. The minimum atomic E-state index is -2.49. The fraction of sp³-hybridized carbons (Fsp3) is 0.462. The van der Waals surface area contributed by atoms with Gasteiger partial charge in [-0.25, -0.2) is 13.6 Å². The predicted octanol–water partition coefficient (Wildman–Crippen LogP) is 3.26. The molecule has 2 rings (SSSR count). The smallest absolute Gasteiger partial charge is 0.316 e. The van der Waals surface area contributed by atoms with Crippen molar-refractivity contribution in [2.24, 2.45) is 0 Å². The molecule has 0 aliphatic heterocycles. The molecule has 1 aliphatic carbocycles. The third-order valence-electron chi connectivity index (χ3n) is 2.89. The molecule has 2 amide bonds. The van der Waals surface area contributed by atoms with Crippen LogP contribution < -0.4 is 5.32 Å². The van der Waals surface area contributed by atoms with Crippen LogP contribution in [-0.2, 0) is 0 Å². The first-order valence-corrected chi connectivity index (χ1v) is 5.98. The highest BCUT2D eigenvalue weighted by Gasteiger charge is 2.34. The van der Waals surface area contributed by atoms with Crippen molar-refractivity contribution >= 4 is 11.7 Å². The van der Waals surface area contributed by atoms with E-state index in [-0.39, 0.29) is 6.04 Å². The Labute approximate surface area is 105 Å². The predicted molar refractivity (Wildman–Crippen MR) is 65.9 cm³/mol. The van der Waals surface area contributed by atoms with E-state index in [1.165, 1.54) is 4.90 Å². The van der Waals surface area contributed by atoms with Crippen LogP contribution in [0.1, 0.15) is 18.4 Å². The molecule has 1 N–H and O–H groups in total. The first-order valence-electron chi connectivity index (χ1n) is 5.98. The van der Waals surface area contributed by atoms with E-state index in [1.807, 2.05) is 19.1 Å². The van der Waals surface area contributed by atoms with Gasteiger partial charge in [-0.05, 0) is 31.9 Å². The standard InChI is InChI=1S/C13H16F2N2O/c1-9-2-4-10(5-3-9)16-13(18)17(8-12(14)15)11-6-7-11/h2-5,11-12H,6-8H2,1H3,(H,16,18). The van der Waals surface area contributed by atoms with Crippen molar-refractivity contribution in [3.05, 3.63) is 29.8 Å². The lowest BCUT2D eigenvalue weighted by molar-refractivity contribution is 0.0994. The average Bonchev–Trinajstić information content (AvgIpc) is 3.12. The Morgan fingerprint density at radius 2 is 2.00 bits per heavy atom. The molecular formula is C13H16F2N2O. The second-order valence-corrected chi connectivity index (χ2v) is 4.57. The molecular weight excluding hydrogens is 238 g/mol. The average molecular weight is 254 g/mol. The summed E-state index contributed by atoms with van der Waals surface area (Å²) in [5.74, 6) is 0. The van der Waals surface area contributed by atoms with Crippen LogP contribution in [0, 0.1) is 6.92 Å². The summed E-state index contributed by atoms with van der Waals surface area (Å²) in [4.78, 5) is 13.1. The molecule has 0 aromatic heterocycles. The molecule has 0 bridgehead atoms. The Kier molecular flexibility index (Phi) is 3.79. The lowest BCUT2D eigenvalue weighted by atomic mass is 10.2. The highest BCUT2D eigenvalue weighted by Crippen LogP contribution is 2.28. The number of urea groups is 1. The Balaban J connectivity index is 1.98. The minimum Gasteiger partial charge on any atom is -0.316 e. The molecule has 1 aromatic rings. The maximum atomic E-state index is 12.4. The summed E-state index contributed by atoms with van der Waals surface area (Å²) in [5.41, 5.74) is 1.71. The van der Waals surface area contributed by atoms with E-state index < -0.39 is 19.0 Å². The van der Waals surface area contributed by atoms with E-state index in [4.69, 9.17) is 0 Å². The van der Waals surface area contributed by atoms with Crippen LogP contribution >= 0.6 is 0 Å². The molecule has 5 heteroatoms. The number of benzene rings is 1. The summed E-state index contributed by atoms with van der Waals surface area (Å²) >= 11 is 0. The van der Waals surface area contributed by atoms with Crippen molar-refractivity contribution in [1.29, 1.82) is 0 Å².